The summed E-state index contributed by atoms with van der Waals surface area (Å²) in [6.07, 6.45) is 2.22. The molecule has 0 bridgehead atoms. The number of fused-ring (bicyclic) bond motifs is 3. The lowest BCUT2D eigenvalue weighted by molar-refractivity contribution is 0.656. The van der Waals surface area contributed by atoms with E-state index < -0.39 is 0 Å². The second kappa shape index (κ2) is 7.77. The first-order valence-electron chi connectivity index (χ1n) is 9.04. The Bertz CT molecular complexity index is 1140. The molecule has 6 heteroatoms. The van der Waals surface area contributed by atoms with Gasteiger partial charge in [-0.05, 0) is 24.1 Å². The van der Waals surface area contributed by atoms with Crippen molar-refractivity contribution in [1.82, 2.24) is 19.7 Å². The first-order valence-corrected chi connectivity index (χ1v) is 10.0. The number of unbranched alkanes of at least 4 members (excludes halogenated alkanes) is 1. The zero-order valence-corrected chi connectivity index (χ0v) is 15.9. The van der Waals surface area contributed by atoms with E-state index in [-0.39, 0.29) is 0 Å². The third kappa shape index (κ3) is 3.38. The number of nitriles is 1. The quantitative estimate of drug-likeness (QED) is 0.448. The van der Waals surface area contributed by atoms with Crippen LogP contribution in [0.2, 0.25) is 0 Å². The van der Waals surface area contributed by atoms with E-state index in [1.54, 1.807) is 0 Å². The van der Waals surface area contributed by atoms with Crippen molar-refractivity contribution in [2.24, 2.45) is 0 Å². The number of para-hydroxylation sites is 1. The number of aromatic nitrogens is 4. The summed E-state index contributed by atoms with van der Waals surface area (Å²) in [6.45, 7) is 3.11. The van der Waals surface area contributed by atoms with Crippen molar-refractivity contribution in [2.45, 2.75) is 37.2 Å². The molecule has 5 nitrogen and oxygen atoms in total. The molecular weight excluding hydrogens is 354 g/mol. The van der Waals surface area contributed by atoms with Crippen LogP contribution in [0.15, 0.2) is 53.7 Å². The standard InChI is InChI=1S/C21H19N5S/c1-2-3-12-26-18-11-7-6-10-17(18)19-20(26)23-21(25-24-19)27-14-16-9-5-4-8-15(16)13-22/h4-11H,2-3,12,14H2,1H3. The lowest BCUT2D eigenvalue weighted by Crippen LogP contribution is -2.01. The van der Waals surface area contributed by atoms with Crippen molar-refractivity contribution >= 4 is 33.8 Å². The Morgan fingerprint density at radius 2 is 1.89 bits per heavy atom. The summed E-state index contributed by atoms with van der Waals surface area (Å²) in [6, 6.07) is 18.1. The summed E-state index contributed by atoms with van der Waals surface area (Å²) < 4.78 is 2.25. The molecule has 0 amide bonds. The summed E-state index contributed by atoms with van der Waals surface area (Å²) in [7, 11) is 0. The van der Waals surface area contributed by atoms with Gasteiger partial charge in [-0.25, -0.2) is 4.98 Å². The minimum atomic E-state index is 0.635. The first-order chi connectivity index (χ1) is 13.3. The van der Waals surface area contributed by atoms with E-state index in [9.17, 15) is 5.26 Å². The maximum atomic E-state index is 9.25. The molecule has 0 radical (unpaired) electrons. The van der Waals surface area contributed by atoms with E-state index in [2.05, 4.69) is 39.9 Å². The van der Waals surface area contributed by atoms with Crippen LogP contribution in [0.1, 0.15) is 30.9 Å². The molecule has 0 fully saturated rings. The first kappa shape index (κ1) is 17.5. The van der Waals surface area contributed by atoms with E-state index in [1.807, 2.05) is 36.4 Å². The van der Waals surface area contributed by atoms with Gasteiger partial charge in [-0.1, -0.05) is 61.5 Å². The van der Waals surface area contributed by atoms with Crippen molar-refractivity contribution in [3.63, 3.8) is 0 Å². The average molecular weight is 373 g/mol. The molecule has 0 aliphatic carbocycles. The Balaban J connectivity index is 1.71. The Morgan fingerprint density at radius 3 is 2.74 bits per heavy atom. The number of thioether (sulfide) groups is 1. The smallest absolute Gasteiger partial charge is 0.211 e. The van der Waals surface area contributed by atoms with E-state index in [1.165, 1.54) is 11.8 Å². The van der Waals surface area contributed by atoms with Gasteiger partial charge in [0.1, 0.15) is 5.52 Å². The zero-order chi connectivity index (χ0) is 18.6. The fraction of sp³-hybridized carbons (Fsp3) is 0.238. The molecule has 2 aromatic heterocycles. The molecule has 2 aromatic carbocycles. The lowest BCUT2D eigenvalue weighted by atomic mass is 10.1. The number of nitrogens with zero attached hydrogens (tertiary/aromatic N) is 5. The van der Waals surface area contributed by atoms with Gasteiger partial charge in [0.2, 0.25) is 5.16 Å². The molecule has 0 atom stereocenters. The average Bonchev–Trinajstić information content (AvgIpc) is 3.04. The third-order valence-electron chi connectivity index (χ3n) is 4.58. The summed E-state index contributed by atoms with van der Waals surface area (Å²) in [5.41, 5.74) is 4.57. The molecule has 0 unspecified atom stereocenters. The minimum absolute atomic E-state index is 0.635. The van der Waals surface area contributed by atoms with E-state index >= 15 is 0 Å². The molecule has 0 aliphatic heterocycles. The highest BCUT2D eigenvalue weighted by Crippen LogP contribution is 2.28. The van der Waals surface area contributed by atoms with Crippen molar-refractivity contribution in [1.29, 1.82) is 5.26 Å². The zero-order valence-electron chi connectivity index (χ0n) is 15.1. The Kier molecular flexibility index (Phi) is 5.03. The van der Waals surface area contributed by atoms with Crippen LogP contribution >= 0.6 is 11.8 Å². The van der Waals surface area contributed by atoms with Gasteiger partial charge >= 0.3 is 0 Å². The van der Waals surface area contributed by atoms with Crippen molar-refractivity contribution in [3.05, 3.63) is 59.7 Å². The molecule has 4 aromatic rings. The van der Waals surface area contributed by atoms with Gasteiger partial charge in [0.05, 0.1) is 17.1 Å². The fourth-order valence-corrected chi connectivity index (χ4v) is 3.98. The highest BCUT2D eigenvalue weighted by Gasteiger charge is 2.14. The lowest BCUT2D eigenvalue weighted by Gasteiger charge is -2.06. The SMILES string of the molecule is CCCCn1c2ccccc2c2nnc(SCc3ccccc3C#N)nc21. The van der Waals surface area contributed by atoms with Crippen LogP contribution < -0.4 is 0 Å². The predicted octanol–water partition coefficient (Wildman–Crippen LogP) is 4.94. The van der Waals surface area contributed by atoms with Crippen LogP contribution in [-0.4, -0.2) is 19.7 Å². The normalized spacial score (nSPS) is 11.1. The Morgan fingerprint density at radius 1 is 1.07 bits per heavy atom. The molecule has 134 valence electrons. The highest BCUT2D eigenvalue weighted by molar-refractivity contribution is 7.98. The number of aryl methyl sites for hydroxylation is 1. The van der Waals surface area contributed by atoms with Gasteiger partial charge in [-0.2, -0.15) is 5.26 Å². The Labute approximate surface area is 162 Å². The summed E-state index contributed by atoms with van der Waals surface area (Å²) in [5, 5.41) is 19.8. The second-order valence-corrected chi connectivity index (χ2v) is 7.29. The van der Waals surface area contributed by atoms with Crippen LogP contribution in [0, 0.1) is 11.3 Å². The van der Waals surface area contributed by atoms with Crippen molar-refractivity contribution < 1.29 is 0 Å². The molecule has 0 aliphatic rings. The summed E-state index contributed by atoms with van der Waals surface area (Å²) in [4.78, 5) is 4.81. The van der Waals surface area contributed by atoms with Gasteiger partial charge in [-0.3, -0.25) is 0 Å². The number of hydrogen-bond donors (Lipinski definition) is 0. The van der Waals surface area contributed by atoms with Gasteiger partial charge in [0, 0.05) is 17.7 Å². The van der Waals surface area contributed by atoms with Crippen LogP contribution in [0.25, 0.3) is 22.1 Å². The molecule has 27 heavy (non-hydrogen) atoms. The third-order valence-corrected chi connectivity index (χ3v) is 5.47. The van der Waals surface area contributed by atoms with Gasteiger partial charge in [-0.15, -0.1) is 10.2 Å². The van der Waals surface area contributed by atoms with Crippen molar-refractivity contribution in [2.75, 3.05) is 0 Å². The molecule has 2 heterocycles. The second-order valence-electron chi connectivity index (χ2n) is 6.35. The molecule has 4 rings (SSSR count). The van der Waals surface area contributed by atoms with E-state index in [0.29, 0.717) is 16.5 Å². The van der Waals surface area contributed by atoms with Crippen LogP contribution in [-0.2, 0) is 12.3 Å². The van der Waals surface area contributed by atoms with Gasteiger partial charge in [0.25, 0.3) is 0 Å². The molecule has 0 saturated heterocycles. The van der Waals surface area contributed by atoms with E-state index in [0.717, 1.165) is 47.0 Å². The predicted molar refractivity (Wildman–Crippen MR) is 108 cm³/mol. The summed E-state index contributed by atoms with van der Waals surface area (Å²) >= 11 is 1.51. The number of rotatable bonds is 6. The van der Waals surface area contributed by atoms with Crippen molar-refractivity contribution in [3.8, 4) is 6.07 Å². The van der Waals surface area contributed by atoms with Crippen LogP contribution in [0.4, 0.5) is 0 Å². The molecule has 0 N–H and O–H groups in total. The van der Waals surface area contributed by atoms with Gasteiger partial charge in [0.15, 0.2) is 5.65 Å². The highest BCUT2D eigenvalue weighted by atomic mass is 32.2. The van der Waals surface area contributed by atoms with Crippen LogP contribution in [0.3, 0.4) is 0 Å². The maximum absolute atomic E-state index is 9.25. The Hall–Kier alpha value is -2.91. The fourth-order valence-electron chi connectivity index (χ4n) is 3.19. The largest absolute Gasteiger partial charge is 0.324 e. The van der Waals surface area contributed by atoms with Crippen LogP contribution in [0.5, 0.6) is 0 Å². The van der Waals surface area contributed by atoms with Gasteiger partial charge < -0.3 is 4.57 Å². The number of hydrogen-bond acceptors (Lipinski definition) is 5. The summed E-state index contributed by atoms with van der Waals surface area (Å²) in [5.74, 6) is 0.645. The molecule has 0 spiro atoms. The minimum Gasteiger partial charge on any atom is -0.324 e. The molecular formula is C21H19N5S. The van der Waals surface area contributed by atoms with E-state index in [4.69, 9.17) is 4.98 Å². The molecule has 0 saturated carbocycles. The topological polar surface area (TPSA) is 67.4 Å². The number of benzene rings is 2. The monoisotopic (exact) mass is 373 g/mol. The maximum Gasteiger partial charge on any atom is 0.211 e.